The molecule has 1 aromatic carbocycles. The molecule has 4 aromatic rings. The van der Waals surface area contributed by atoms with E-state index in [9.17, 15) is 4.79 Å². The van der Waals surface area contributed by atoms with Crippen molar-refractivity contribution in [3.63, 3.8) is 0 Å². The highest BCUT2D eigenvalue weighted by Crippen LogP contribution is 2.29. The number of ether oxygens (including phenoxy) is 1. The molecule has 0 saturated heterocycles. The number of aromatic nitrogens is 5. The van der Waals surface area contributed by atoms with Gasteiger partial charge in [-0.3, -0.25) is 4.79 Å². The molecule has 0 aliphatic carbocycles. The van der Waals surface area contributed by atoms with Crippen LogP contribution in [0.3, 0.4) is 0 Å². The number of benzene rings is 1. The topological polar surface area (TPSA) is 94.8 Å². The SMILES string of the molecule is Cc1cc(C)c2c(OCC(=O)Nc3ccc(Sc4ncccn4)cc3C)nn(C)c2n1. The molecule has 0 radical (unpaired) electrons. The molecule has 0 atom stereocenters. The summed E-state index contributed by atoms with van der Waals surface area (Å²) in [5.74, 6) is 0.149. The van der Waals surface area contributed by atoms with Gasteiger partial charge in [0, 0.05) is 35.7 Å². The number of fused-ring (bicyclic) bond motifs is 1. The summed E-state index contributed by atoms with van der Waals surface area (Å²) in [6.45, 7) is 5.71. The number of pyridine rings is 1. The molecule has 0 aliphatic heterocycles. The molecule has 0 fully saturated rings. The molecule has 8 nitrogen and oxygen atoms in total. The molecule has 3 heterocycles. The van der Waals surface area contributed by atoms with E-state index < -0.39 is 0 Å². The fourth-order valence-electron chi connectivity index (χ4n) is 3.25. The number of rotatable bonds is 6. The van der Waals surface area contributed by atoms with Crippen molar-refractivity contribution in [1.82, 2.24) is 24.7 Å². The van der Waals surface area contributed by atoms with E-state index in [0.29, 0.717) is 11.0 Å². The highest BCUT2D eigenvalue weighted by Gasteiger charge is 2.16. The lowest BCUT2D eigenvalue weighted by atomic mass is 10.2. The van der Waals surface area contributed by atoms with Crippen LogP contribution in [0.15, 0.2) is 52.8 Å². The minimum atomic E-state index is -0.258. The lowest BCUT2D eigenvalue weighted by Crippen LogP contribution is -2.21. The summed E-state index contributed by atoms with van der Waals surface area (Å²) < 4.78 is 7.40. The van der Waals surface area contributed by atoms with Gasteiger partial charge in [-0.15, -0.1) is 5.10 Å². The van der Waals surface area contributed by atoms with Crippen LogP contribution in [0, 0.1) is 20.8 Å². The Kier molecular flexibility index (Phi) is 5.85. The van der Waals surface area contributed by atoms with Crippen molar-refractivity contribution in [3.8, 4) is 5.88 Å². The van der Waals surface area contributed by atoms with Crippen LogP contribution >= 0.6 is 11.8 Å². The second kappa shape index (κ2) is 8.73. The number of anilines is 1. The Bertz CT molecular complexity index is 1260. The molecule has 0 saturated carbocycles. The van der Waals surface area contributed by atoms with Gasteiger partial charge in [0.25, 0.3) is 5.91 Å². The quantitative estimate of drug-likeness (QED) is 0.461. The van der Waals surface area contributed by atoms with Crippen LogP contribution < -0.4 is 10.1 Å². The zero-order valence-electron chi connectivity index (χ0n) is 17.7. The van der Waals surface area contributed by atoms with Gasteiger partial charge in [-0.2, -0.15) is 0 Å². The van der Waals surface area contributed by atoms with Gasteiger partial charge in [-0.05, 0) is 74.0 Å². The molecule has 158 valence electrons. The number of nitrogens with one attached hydrogen (secondary N) is 1. The lowest BCUT2D eigenvalue weighted by molar-refractivity contribution is -0.118. The molecule has 0 unspecified atom stereocenters. The number of carbonyl (C=O) groups excluding carboxylic acids is 1. The normalized spacial score (nSPS) is 11.0. The molecule has 0 spiro atoms. The third kappa shape index (κ3) is 4.66. The minimum absolute atomic E-state index is 0.146. The first-order valence-corrected chi connectivity index (χ1v) is 10.5. The molecule has 1 N–H and O–H groups in total. The summed E-state index contributed by atoms with van der Waals surface area (Å²) in [4.78, 5) is 26.4. The molecule has 31 heavy (non-hydrogen) atoms. The first kappa shape index (κ1) is 20.8. The number of amides is 1. The van der Waals surface area contributed by atoms with Crippen LogP contribution in [-0.2, 0) is 11.8 Å². The maximum absolute atomic E-state index is 12.5. The van der Waals surface area contributed by atoms with Gasteiger partial charge in [0.1, 0.15) is 0 Å². The van der Waals surface area contributed by atoms with Crippen molar-refractivity contribution in [3.05, 3.63) is 59.5 Å². The van der Waals surface area contributed by atoms with Gasteiger partial charge in [-0.25, -0.2) is 19.6 Å². The first-order chi connectivity index (χ1) is 14.9. The smallest absolute Gasteiger partial charge is 0.262 e. The highest BCUT2D eigenvalue weighted by molar-refractivity contribution is 7.99. The van der Waals surface area contributed by atoms with E-state index in [1.165, 1.54) is 11.8 Å². The minimum Gasteiger partial charge on any atom is -0.466 e. The standard InChI is InChI=1S/C22H22N6O2S/c1-13-11-16(31-22-23-8-5-9-24-22)6-7-17(13)26-18(29)12-30-21-19-14(2)10-15(3)25-20(19)28(4)27-21/h5-11H,12H2,1-4H3,(H,26,29). The van der Waals surface area contributed by atoms with Crippen LogP contribution in [0.4, 0.5) is 5.69 Å². The van der Waals surface area contributed by atoms with E-state index in [-0.39, 0.29) is 12.5 Å². The fourth-order valence-corrected chi connectivity index (χ4v) is 4.06. The fraction of sp³-hybridized carbons (Fsp3) is 0.227. The Morgan fingerprint density at radius 2 is 1.90 bits per heavy atom. The molecule has 0 aliphatic rings. The van der Waals surface area contributed by atoms with Crippen LogP contribution in [0.5, 0.6) is 5.88 Å². The van der Waals surface area contributed by atoms with Crippen molar-refractivity contribution in [2.24, 2.45) is 7.05 Å². The van der Waals surface area contributed by atoms with E-state index in [1.807, 2.05) is 52.1 Å². The van der Waals surface area contributed by atoms with Crippen molar-refractivity contribution in [2.75, 3.05) is 11.9 Å². The largest absolute Gasteiger partial charge is 0.466 e. The van der Waals surface area contributed by atoms with Crippen LogP contribution in [-0.4, -0.2) is 37.2 Å². The second-order valence-electron chi connectivity index (χ2n) is 7.15. The number of nitrogens with zero attached hydrogens (tertiary/aromatic N) is 5. The van der Waals surface area contributed by atoms with Gasteiger partial charge in [0.05, 0.1) is 5.39 Å². The zero-order valence-corrected chi connectivity index (χ0v) is 18.5. The van der Waals surface area contributed by atoms with E-state index in [4.69, 9.17) is 4.74 Å². The molecular formula is C22H22N6O2S. The van der Waals surface area contributed by atoms with Crippen LogP contribution in [0.2, 0.25) is 0 Å². The predicted octanol–water partition coefficient (Wildman–Crippen LogP) is 3.85. The summed E-state index contributed by atoms with van der Waals surface area (Å²) in [7, 11) is 1.81. The molecule has 4 rings (SSSR count). The monoisotopic (exact) mass is 434 g/mol. The van der Waals surface area contributed by atoms with E-state index >= 15 is 0 Å². The average Bonchev–Trinajstić information content (AvgIpc) is 3.05. The van der Waals surface area contributed by atoms with Crippen LogP contribution in [0.1, 0.15) is 16.8 Å². The summed E-state index contributed by atoms with van der Waals surface area (Å²) in [6.07, 6.45) is 3.42. The third-order valence-electron chi connectivity index (χ3n) is 4.65. The van der Waals surface area contributed by atoms with Gasteiger partial charge in [-0.1, -0.05) is 0 Å². The van der Waals surface area contributed by atoms with Crippen molar-refractivity contribution in [1.29, 1.82) is 0 Å². The summed E-state index contributed by atoms with van der Waals surface area (Å²) in [5.41, 5.74) is 4.32. The Hall–Kier alpha value is -3.46. The summed E-state index contributed by atoms with van der Waals surface area (Å²) in [6, 6.07) is 9.53. The first-order valence-electron chi connectivity index (χ1n) is 9.70. The highest BCUT2D eigenvalue weighted by atomic mass is 32.2. The van der Waals surface area contributed by atoms with Gasteiger partial charge < -0.3 is 10.1 Å². The van der Waals surface area contributed by atoms with Gasteiger partial charge in [0.2, 0.25) is 5.88 Å². The lowest BCUT2D eigenvalue weighted by Gasteiger charge is -2.10. The van der Waals surface area contributed by atoms with Crippen LogP contribution in [0.25, 0.3) is 11.0 Å². The number of hydrogen-bond donors (Lipinski definition) is 1. The predicted molar refractivity (Wildman–Crippen MR) is 119 cm³/mol. The number of hydrogen-bond acceptors (Lipinski definition) is 7. The summed E-state index contributed by atoms with van der Waals surface area (Å²) >= 11 is 1.47. The van der Waals surface area contributed by atoms with E-state index in [1.54, 1.807) is 23.1 Å². The van der Waals surface area contributed by atoms with Gasteiger partial charge >= 0.3 is 0 Å². The third-order valence-corrected chi connectivity index (χ3v) is 5.53. The van der Waals surface area contributed by atoms with Crippen molar-refractivity contribution in [2.45, 2.75) is 30.8 Å². The maximum atomic E-state index is 12.5. The van der Waals surface area contributed by atoms with E-state index in [0.717, 1.165) is 38.4 Å². The maximum Gasteiger partial charge on any atom is 0.262 e. The van der Waals surface area contributed by atoms with E-state index in [2.05, 4.69) is 25.4 Å². The van der Waals surface area contributed by atoms with Crippen molar-refractivity contribution < 1.29 is 9.53 Å². The number of aryl methyl sites for hydroxylation is 4. The number of carbonyl (C=O) groups is 1. The Labute approximate surface area is 184 Å². The Morgan fingerprint density at radius 3 is 2.65 bits per heavy atom. The molecule has 0 bridgehead atoms. The Morgan fingerprint density at radius 1 is 1.13 bits per heavy atom. The Balaban J connectivity index is 1.42. The zero-order chi connectivity index (χ0) is 22.0. The molecule has 1 amide bonds. The van der Waals surface area contributed by atoms with Gasteiger partial charge in [0.15, 0.2) is 17.4 Å². The van der Waals surface area contributed by atoms with Crippen molar-refractivity contribution >= 4 is 34.4 Å². The molecular weight excluding hydrogens is 412 g/mol. The molecule has 3 aromatic heterocycles. The molecule has 9 heteroatoms. The average molecular weight is 435 g/mol. The summed E-state index contributed by atoms with van der Waals surface area (Å²) in [5, 5.41) is 8.77. The second-order valence-corrected chi connectivity index (χ2v) is 8.20.